The third kappa shape index (κ3) is 2.59. The van der Waals surface area contributed by atoms with Crippen LogP contribution in [0.5, 0.6) is 0 Å². The van der Waals surface area contributed by atoms with E-state index < -0.39 is 0 Å². The molecule has 0 bridgehead atoms. The van der Waals surface area contributed by atoms with Crippen LogP contribution in [0.3, 0.4) is 0 Å². The highest BCUT2D eigenvalue weighted by Crippen LogP contribution is 2.06. The van der Waals surface area contributed by atoms with Crippen LogP contribution in [0.1, 0.15) is 4.88 Å². The van der Waals surface area contributed by atoms with Gasteiger partial charge >= 0.3 is 0 Å². The lowest BCUT2D eigenvalue weighted by atomic mass is 10.4. The summed E-state index contributed by atoms with van der Waals surface area (Å²) in [5.41, 5.74) is 0.610. The highest BCUT2D eigenvalue weighted by molar-refractivity contribution is 7.09. The zero-order valence-electron chi connectivity index (χ0n) is 10.3. The fourth-order valence-electron chi connectivity index (χ4n) is 1.96. The van der Waals surface area contributed by atoms with Crippen molar-refractivity contribution in [3.05, 3.63) is 57.4 Å². The standard InChI is InChI=1S/C13H14N4OS/c18-13-12-3-4-15-17(12)8-7-16(13)6-5-14-10-11-2-1-9-19-11/h1-4,7-9,14H,5-6,10H2. The van der Waals surface area contributed by atoms with Crippen molar-refractivity contribution >= 4 is 16.9 Å². The summed E-state index contributed by atoms with van der Waals surface area (Å²) in [6.45, 7) is 2.27. The first kappa shape index (κ1) is 12.1. The number of rotatable bonds is 5. The Morgan fingerprint density at radius 3 is 3.11 bits per heavy atom. The molecule has 3 aromatic rings. The summed E-state index contributed by atoms with van der Waals surface area (Å²) in [6, 6.07) is 5.87. The Hall–Kier alpha value is -1.92. The molecule has 0 radical (unpaired) electrons. The summed E-state index contributed by atoms with van der Waals surface area (Å²) in [5, 5.41) is 9.44. The molecular weight excluding hydrogens is 260 g/mol. The lowest BCUT2D eigenvalue weighted by Crippen LogP contribution is -2.27. The van der Waals surface area contributed by atoms with E-state index in [1.165, 1.54) is 4.88 Å². The highest BCUT2D eigenvalue weighted by Gasteiger charge is 2.02. The van der Waals surface area contributed by atoms with E-state index in [1.807, 2.05) is 6.07 Å². The third-order valence-corrected chi connectivity index (χ3v) is 3.82. The summed E-state index contributed by atoms with van der Waals surface area (Å²) in [5.74, 6) is 0. The minimum Gasteiger partial charge on any atom is -0.311 e. The van der Waals surface area contributed by atoms with Crippen LogP contribution in [0.4, 0.5) is 0 Å². The summed E-state index contributed by atoms with van der Waals surface area (Å²) in [6.07, 6.45) is 5.21. The molecule has 3 rings (SSSR count). The Labute approximate surface area is 114 Å². The van der Waals surface area contributed by atoms with Crippen LogP contribution >= 0.6 is 11.3 Å². The number of aromatic nitrogens is 3. The fraction of sp³-hybridized carbons (Fsp3) is 0.231. The SMILES string of the molecule is O=c1c2ccnn2ccn1CCNCc1cccs1. The van der Waals surface area contributed by atoms with E-state index in [2.05, 4.69) is 21.9 Å². The molecule has 0 atom stereocenters. The van der Waals surface area contributed by atoms with Crippen molar-refractivity contribution in [1.29, 1.82) is 0 Å². The number of hydrogen-bond donors (Lipinski definition) is 1. The predicted octanol–water partition coefficient (Wildman–Crippen LogP) is 1.35. The van der Waals surface area contributed by atoms with Crippen molar-refractivity contribution in [3.63, 3.8) is 0 Å². The van der Waals surface area contributed by atoms with Gasteiger partial charge in [0.25, 0.3) is 5.56 Å². The summed E-state index contributed by atoms with van der Waals surface area (Å²) in [7, 11) is 0. The van der Waals surface area contributed by atoms with Gasteiger partial charge in [-0.1, -0.05) is 6.07 Å². The molecule has 6 heteroatoms. The van der Waals surface area contributed by atoms with Crippen LogP contribution < -0.4 is 10.9 Å². The summed E-state index contributed by atoms with van der Waals surface area (Å²) in [4.78, 5) is 13.4. The number of hydrogen-bond acceptors (Lipinski definition) is 4. The molecule has 0 spiro atoms. The van der Waals surface area contributed by atoms with E-state index in [-0.39, 0.29) is 5.56 Å². The quantitative estimate of drug-likeness (QED) is 0.715. The average Bonchev–Trinajstić information content (AvgIpc) is 3.08. The Morgan fingerprint density at radius 1 is 1.32 bits per heavy atom. The van der Waals surface area contributed by atoms with E-state index in [1.54, 1.807) is 45.1 Å². The molecule has 19 heavy (non-hydrogen) atoms. The van der Waals surface area contributed by atoms with Crippen molar-refractivity contribution in [2.75, 3.05) is 6.54 Å². The molecule has 0 aliphatic carbocycles. The van der Waals surface area contributed by atoms with E-state index in [4.69, 9.17) is 0 Å². The number of fused-ring (bicyclic) bond motifs is 1. The van der Waals surface area contributed by atoms with Gasteiger partial charge in [-0.05, 0) is 17.5 Å². The monoisotopic (exact) mass is 274 g/mol. The summed E-state index contributed by atoms with van der Waals surface area (Å²) >= 11 is 1.73. The van der Waals surface area contributed by atoms with E-state index in [0.29, 0.717) is 12.1 Å². The zero-order valence-corrected chi connectivity index (χ0v) is 11.1. The lowest BCUT2D eigenvalue weighted by molar-refractivity contribution is 0.585. The van der Waals surface area contributed by atoms with E-state index >= 15 is 0 Å². The third-order valence-electron chi connectivity index (χ3n) is 2.95. The van der Waals surface area contributed by atoms with Gasteiger partial charge < -0.3 is 9.88 Å². The largest absolute Gasteiger partial charge is 0.311 e. The molecule has 0 saturated heterocycles. The molecule has 0 unspecified atom stereocenters. The van der Waals surface area contributed by atoms with Crippen LogP contribution in [0.15, 0.2) is 47.0 Å². The van der Waals surface area contributed by atoms with Crippen molar-refractivity contribution in [3.8, 4) is 0 Å². The maximum absolute atomic E-state index is 12.1. The zero-order chi connectivity index (χ0) is 13.1. The highest BCUT2D eigenvalue weighted by atomic mass is 32.1. The van der Waals surface area contributed by atoms with Crippen LogP contribution in [-0.2, 0) is 13.1 Å². The van der Waals surface area contributed by atoms with Gasteiger partial charge in [0.1, 0.15) is 5.52 Å². The average molecular weight is 274 g/mol. The molecule has 0 saturated carbocycles. The Bertz CT molecular complexity index is 714. The van der Waals surface area contributed by atoms with Crippen LogP contribution in [0.2, 0.25) is 0 Å². The molecule has 3 aromatic heterocycles. The first-order valence-corrected chi connectivity index (χ1v) is 6.98. The summed E-state index contributed by atoms with van der Waals surface area (Å²) < 4.78 is 3.30. The molecule has 5 nitrogen and oxygen atoms in total. The molecule has 1 N–H and O–H groups in total. The normalized spacial score (nSPS) is 11.2. The van der Waals surface area contributed by atoms with Gasteiger partial charge in [-0.15, -0.1) is 11.3 Å². The van der Waals surface area contributed by atoms with Gasteiger partial charge in [-0.25, -0.2) is 4.52 Å². The Morgan fingerprint density at radius 2 is 2.26 bits per heavy atom. The first-order valence-electron chi connectivity index (χ1n) is 6.10. The fourth-order valence-corrected chi connectivity index (χ4v) is 2.64. The number of nitrogens with zero attached hydrogens (tertiary/aromatic N) is 3. The second kappa shape index (κ2) is 5.38. The molecule has 0 aliphatic heterocycles. The van der Waals surface area contributed by atoms with Gasteiger partial charge in [0.2, 0.25) is 0 Å². The number of thiophene rings is 1. The molecular formula is C13H14N4OS. The van der Waals surface area contributed by atoms with Gasteiger partial charge in [-0.3, -0.25) is 4.79 Å². The van der Waals surface area contributed by atoms with Crippen molar-refractivity contribution in [1.82, 2.24) is 19.5 Å². The van der Waals surface area contributed by atoms with Gasteiger partial charge in [0, 0.05) is 36.9 Å². The maximum Gasteiger partial charge on any atom is 0.276 e. The van der Waals surface area contributed by atoms with Crippen LogP contribution in [0.25, 0.3) is 5.52 Å². The first-order chi connectivity index (χ1) is 9.34. The molecule has 98 valence electrons. The van der Waals surface area contributed by atoms with Crippen LogP contribution in [-0.4, -0.2) is 20.7 Å². The van der Waals surface area contributed by atoms with E-state index in [0.717, 1.165) is 13.1 Å². The smallest absolute Gasteiger partial charge is 0.276 e. The molecule has 0 amide bonds. The second-order valence-electron chi connectivity index (χ2n) is 4.21. The second-order valence-corrected chi connectivity index (χ2v) is 5.25. The van der Waals surface area contributed by atoms with Gasteiger partial charge in [-0.2, -0.15) is 5.10 Å². The molecule has 0 fully saturated rings. The lowest BCUT2D eigenvalue weighted by Gasteiger charge is -2.07. The minimum absolute atomic E-state index is 0.00192. The molecule has 0 aliphatic rings. The van der Waals surface area contributed by atoms with E-state index in [9.17, 15) is 4.79 Å². The van der Waals surface area contributed by atoms with Gasteiger partial charge in [0.15, 0.2) is 0 Å². The minimum atomic E-state index is -0.00192. The van der Waals surface area contributed by atoms with Gasteiger partial charge in [0.05, 0.1) is 6.20 Å². The van der Waals surface area contributed by atoms with Crippen molar-refractivity contribution in [2.45, 2.75) is 13.1 Å². The Kier molecular flexibility index (Phi) is 3.43. The van der Waals surface area contributed by atoms with Crippen LogP contribution in [0, 0.1) is 0 Å². The predicted molar refractivity (Wildman–Crippen MR) is 75.5 cm³/mol. The Balaban J connectivity index is 1.62. The topological polar surface area (TPSA) is 51.3 Å². The molecule has 3 heterocycles. The van der Waals surface area contributed by atoms with Crippen molar-refractivity contribution in [2.24, 2.45) is 0 Å². The maximum atomic E-state index is 12.1. The number of nitrogens with one attached hydrogen (secondary N) is 1. The molecule has 0 aromatic carbocycles. The van der Waals surface area contributed by atoms with Crippen molar-refractivity contribution < 1.29 is 0 Å².